The second kappa shape index (κ2) is 19.1. The van der Waals surface area contributed by atoms with Gasteiger partial charge in [0.15, 0.2) is 17.6 Å². The minimum atomic E-state index is -2.59. The summed E-state index contributed by atoms with van der Waals surface area (Å²) in [6.45, 7) is 5.02. The maximum absolute atomic E-state index is 15.2. The molecule has 6 aromatic carbocycles. The van der Waals surface area contributed by atoms with Gasteiger partial charge in [-0.15, -0.1) is 11.8 Å². The van der Waals surface area contributed by atoms with Crippen LogP contribution in [0, 0.1) is 0 Å². The van der Waals surface area contributed by atoms with Gasteiger partial charge in [-0.1, -0.05) is 121 Å². The molecule has 0 saturated carbocycles. The van der Waals surface area contributed by atoms with Crippen LogP contribution in [0.5, 0.6) is 11.5 Å². The molecule has 0 aliphatic carbocycles. The van der Waals surface area contributed by atoms with Crippen molar-refractivity contribution in [2.24, 2.45) is 0 Å². The van der Waals surface area contributed by atoms with E-state index in [4.69, 9.17) is 9.47 Å². The lowest BCUT2D eigenvalue weighted by Crippen LogP contribution is -2.71. The van der Waals surface area contributed by atoms with Gasteiger partial charge in [0.1, 0.15) is 51.9 Å². The van der Waals surface area contributed by atoms with E-state index in [1.54, 1.807) is 20.8 Å². The first-order valence-corrected chi connectivity index (χ1v) is 24.2. The second-order valence-electron chi connectivity index (χ2n) is 16.8. The van der Waals surface area contributed by atoms with Gasteiger partial charge < -0.3 is 30.3 Å². The summed E-state index contributed by atoms with van der Waals surface area (Å²) in [5.74, 6) is -2.59. The molecule has 0 aromatic heterocycles. The number of rotatable bonds is 13. The van der Waals surface area contributed by atoms with Crippen LogP contribution in [0.3, 0.4) is 0 Å². The quantitative estimate of drug-likeness (QED) is 0.0396. The van der Waals surface area contributed by atoms with E-state index in [1.807, 2.05) is 115 Å². The monoisotopic (exact) mass is 906 g/mol. The Hall–Kier alpha value is -6.88. The van der Waals surface area contributed by atoms with Gasteiger partial charge in [0, 0.05) is 11.3 Å². The number of carbonyl (C=O) groups is 4. The van der Waals surface area contributed by atoms with Crippen molar-refractivity contribution in [1.82, 2.24) is 15.5 Å². The number of hydrogen-bond acceptors (Lipinski definition) is 9. The molecule has 4 N–H and O–H groups in total. The summed E-state index contributed by atoms with van der Waals surface area (Å²) < 4.78 is 12.0. The molecule has 0 unspecified atom stereocenters. The number of alkyl carbamates (subject to hydrolysis) is 1. The highest BCUT2D eigenvalue weighted by Crippen LogP contribution is 2.58. The third-order valence-corrected chi connectivity index (χ3v) is 17.0. The van der Waals surface area contributed by atoms with E-state index in [0.717, 1.165) is 38.7 Å². The van der Waals surface area contributed by atoms with Gasteiger partial charge in [-0.2, -0.15) is 0 Å². The highest BCUT2D eigenvalue weighted by molar-refractivity contribution is 8.00. The molecular formula is C52H49N3O8PS+. The number of thioether (sulfide) groups is 1. The number of ether oxygens (including phenoxy) is 2. The smallest absolute Gasteiger partial charge is 0.408 e. The number of β-lactam (4-membered cyclic amide) rings is 1. The number of nitrogens with zero attached hydrogens (tertiary/aromatic N) is 1. The molecule has 2 aliphatic rings. The molecule has 1 saturated heterocycles. The largest absolute Gasteiger partial charge is 0.504 e. The number of fused-ring (bicyclic) bond motifs is 1. The molecule has 6 aromatic rings. The standard InChI is InChI=1S/C52H48N3O8PS/c1-52(2,3)63-51(61)54-43(36-29-30-41(56)42(57)31-36)47(58)53-44-48(59)55-45(50(60)62-46(34-19-9-4-10-20-34)35-21-11-5-12-22-35)37(33-65-49(44)55)32-64(38-23-13-6-14-24-38,39-25-15-7-16-26-39)40-27-17-8-18-28-40/h4-31,43-44,46,49H,32-33H2,1-3H3,(H3-,53,54,56,57,58,61)/p+1/t43-,44-,49-/m1/s1. The summed E-state index contributed by atoms with van der Waals surface area (Å²) in [4.78, 5) is 58.8. The Morgan fingerprint density at radius 1 is 0.708 bits per heavy atom. The molecule has 0 spiro atoms. The number of aromatic hydroxyl groups is 2. The Balaban J connectivity index is 1.21. The van der Waals surface area contributed by atoms with Crippen LogP contribution in [0.25, 0.3) is 0 Å². The van der Waals surface area contributed by atoms with Gasteiger partial charge in [0.25, 0.3) is 5.91 Å². The van der Waals surface area contributed by atoms with Crippen molar-refractivity contribution in [2.75, 3.05) is 11.9 Å². The fourth-order valence-electron chi connectivity index (χ4n) is 8.28. The van der Waals surface area contributed by atoms with Crippen molar-refractivity contribution in [3.8, 4) is 11.5 Å². The summed E-state index contributed by atoms with van der Waals surface area (Å²) in [6, 6.07) is 50.9. The average Bonchev–Trinajstić information content (AvgIpc) is 3.32. The summed E-state index contributed by atoms with van der Waals surface area (Å²) in [6.07, 6.45) is -1.31. The zero-order chi connectivity index (χ0) is 45.7. The van der Waals surface area contributed by atoms with Crippen molar-refractivity contribution in [3.63, 3.8) is 0 Å². The van der Waals surface area contributed by atoms with E-state index in [-0.39, 0.29) is 11.3 Å². The number of hydrogen-bond donors (Lipinski definition) is 4. The van der Waals surface area contributed by atoms with E-state index in [1.165, 1.54) is 28.8 Å². The van der Waals surface area contributed by atoms with Crippen LogP contribution in [0.15, 0.2) is 181 Å². The minimum Gasteiger partial charge on any atom is -0.504 e. The first kappa shape index (κ1) is 44.7. The fraction of sp³-hybridized carbons (Fsp3) is 0.192. The maximum Gasteiger partial charge on any atom is 0.408 e. The number of phenols is 2. The maximum atomic E-state index is 15.2. The van der Waals surface area contributed by atoms with Crippen molar-refractivity contribution in [3.05, 3.63) is 198 Å². The number of nitrogens with one attached hydrogen (secondary N) is 2. The van der Waals surface area contributed by atoms with Crippen LogP contribution >= 0.6 is 19.0 Å². The number of esters is 1. The summed E-state index contributed by atoms with van der Waals surface area (Å²) in [5, 5.41) is 28.4. The number of amides is 3. The van der Waals surface area contributed by atoms with E-state index in [0.29, 0.717) is 11.9 Å². The van der Waals surface area contributed by atoms with Crippen LogP contribution in [0.2, 0.25) is 0 Å². The van der Waals surface area contributed by atoms with Crippen molar-refractivity contribution in [1.29, 1.82) is 0 Å². The van der Waals surface area contributed by atoms with Crippen LogP contribution in [-0.2, 0) is 23.9 Å². The summed E-state index contributed by atoms with van der Waals surface area (Å²) in [7, 11) is -2.59. The molecule has 2 heterocycles. The Morgan fingerprint density at radius 3 is 1.68 bits per heavy atom. The molecule has 3 amide bonds. The number of phenolic OH excluding ortho intramolecular Hbond substituents is 2. The normalized spacial score (nSPS) is 16.5. The number of benzene rings is 6. The molecule has 11 nitrogen and oxygen atoms in total. The molecule has 330 valence electrons. The first-order chi connectivity index (χ1) is 31.3. The van der Waals surface area contributed by atoms with Crippen LogP contribution in [-0.4, -0.2) is 67.9 Å². The fourth-order valence-corrected chi connectivity index (χ4v) is 14.1. The minimum absolute atomic E-state index is 0.125. The Bertz CT molecular complexity index is 2570. The van der Waals surface area contributed by atoms with Crippen molar-refractivity contribution in [2.45, 2.75) is 49.9 Å². The number of carbonyl (C=O) groups excluding carboxylic acids is 4. The molecule has 0 bridgehead atoms. The summed E-state index contributed by atoms with van der Waals surface area (Å²) in [5.41, 5.74) is 1.58. The lowest BCUT2D eigenvalue weighted by Gasteiger charge is -2.50. The van der Waals surface area contributed by atoms with Gasteiger partial charge in [-0.05, 0) is 86.0 Å². The highest BCUT2D eigenvalue weighted by Gasteiger charge is 2.57. The zero-order valence-electron chi connectivity index (χ0n) is 36.0. The van der Waals surface area contributed by atoms with E-state index in [2.05, 4.69) is 47.0 Å². The predicted octanol–water partition coefficient (Wildman–Crippen LogP) is 7.64. The molecule has 13 heteroatoms. The highest BCUT2D eigenvalue weighted by atomic mass is 32.2. The van der Waals surface area contributed by atoms with Gasteiger partial charge in [-0.3, -0.25) is 14.5 Å². The van der Waals surface area contributed by atoms with Gasteiger partial charge in [0.2, 0.25) is 5.91 Å². The van der Waals surface area contributed by atoms with E-state index < -0.39 is 71.8 Å². The lowest BCUT2D eigenvalue weighted by molar-refractivity contribution is -0.154. The Morgan fingerprint density at radius 2 is 1.20 bits per heavy atom. The van der Waals surface area contributed by atoms with Crippen molar-refractivity contribution < 1.29 is 38.9 Å². The third kappa shape index (κ3) is 9.51. The van der Waals surface area contributed by atoms with Gasteiger partial charge in [0.05, 0.1) is 6.16 Å². The van der Waals surface area contributed by atoms with Crippen LogP contribution in [0.4, 0.5) is 4.79 Å². The first-order valence-electron chi connectivity index (χ1n) is 21.2. The molecule has 1 fully saturated rings. The molecule has 65 heavy (non-hydrogen) atoms. The van der Waals surface area contributed by atoms with Gasteiger partial charge >= 0.3 is 12.1 Å². The molecule has 8 rings (SSSR count). The molecule has 0 radical (unpaired) electrons. The Labute approximate surface area is 382 Å². The summed E-state index contributed by atoms with van der Waals surface area (Å²) >= 11 is 1.43. The second-order valence-corrected chi connectivity index (χ2v) is 21.3. The van der Waals surface area contributed by atoms with Crippen LogP contribution < -0.4 is 26.5 Å². The van der Waals surface area contributed by atoms with Gasteiger partial charge in [-0.25, -0.2) is 9.59 Å². The zero-order valence-corrected chi connectivity index (χ0v) is 37.7. The van der Waals surface area contributed by atoms with E-state index in [9.17, 15) is 24.6 Å². The Kier molecular flexibility index (Phi) is 13.1. The van der Waals surface area contributed by atoms with E-state index >= 15 is 4.79 Å². The predicted molar refractivity (Wildman–Crippen MR) is 255 cm³/mol. The SMILES string of the molecule is CC(C)(C)OC(=O)N[C@@H](C(=O)N[C@@H]1C(=O)N2C(C(=O)OC(c3ccccc3)c3ccccc3)=C(C[P+](c3ccccc3)(c3ccccc3)c3ccccc3)CS[C@H]12)c1ccc(O)c(O)c1. The lowest BCUT2D eigenvalue weighted by atomic mass is 10.00. The average molecular weight is 907 g/mol. The topological polar surface area (TPSA) is 154 Å². The third-order valence-electron chi connectivity index (χ3n) is 11.2. The van der Waals surface area contributed by atoms with Crippen LogP contribution in [0.1, 0.15) is 49.6 Å². The molecular weight excluding hydrogens is 858 g/mol. The molecule has 2 aliphatic heterocycles. The van der Waals surface area contributed by atoms with Crippen molar-refractivity contribution >= 4 is 58.8 Å². The molecule has 3 atom stereocenters.